The Hall–Kier alpha value is -3.52. The molecular formula is C43H58N2. The second-order valence-electron chi connectivity index (χ2n) is 13.2. The van der Waals surface area contributed by atoms with Crippen LogP contribution in [0.1, 0.15) is 129 Å². The average Bonchev–Trinajstić information content (AvgIpc) is 3.05. The molecule has 0 aliphatic heterocycles. The summed E-state index contributed by atoms with van der Waals surface area (Å²) in [6, 6.07) is 31.4. The minimum Gasteiger partial charge on any atom is -0.399 e. The van der Waals surface area contributed by atoms with Crippen LogP contribution in [-0.2, 0) is 38.5 Å². The molecule has 0 heterocycles. The summed E-state index contributed by atoms with van der Waals surface area (Å²) in [4.78, 5) is 0. The zero-order valence-corrected chi connectivity index (χ0v) is 28.3. The van der Waals surface area contributed by atoms with Crippen molar-refractivity contribution in [3.8, 4) is 0 Å². The van der Waals surface area contributed by atoms with Gasteiger partial charge >= 0.3 is 0 Å². The van der Waals surface area contributed by atoms with Crippen molar-refractivity contribution >= 4 is 11.4 Å². The lowest BCUT2D eigenvalue weighted by molar-refractivity contribution is 0.630. The van der Waals surface area contributed by atoms with Crippen molar-refractivity contribution in [3.05, 3.63) is 129 Å². The summed E-state index contributed by atoms with van der Waals surface area (Å²) in [6.45, 7) is 4.58. The number of hydrogen-bond acceptors (Lipinski definition) is 2. The Morgan fingerprint density at radius 1 is 0.356 bits per heavy atom. The summed E-state index contributed by atoms with van der Waals surface area (Å²) in [5, 5.41) is 0. The van der Waals surface area contributed by atoms with Gasteiger partial charge in [-0.25, -0.2) is 0 Å². The predicted molar refractivity (Wildman–Crippen MR) is 197 cm³/mol. The van der Waals surface area contributed by atoms with Crippen LogP contribution < -0.4 is 11.5 Å². The molecule has 4 N–H and O–H groups in total. The van der Waals surface area contributed by atoms with E-state index in [4.69, 9.17) is 11.5 Å². The van der Waals surface area contributed by atoms with Gasteiger partial charge in [0.2, 0.25) is 0 Å². The molecule has 2 heteroatoms. The Morgan fingerprint density at radius 3 is 1.13 bits per heavy atom. The van der Waals surface area contributed by atoms with Gasteiger partial charge in [-0.05, 0) is 127 Å². The number of benzene rings is 4. The van der Waals surface area contributed by atoms with Crippen LogP contribution in [0.25, 0.3) is 0 Å². The maximum Gasteiger partial charge on any atom is 0.0314 e. The topological polar surface area (TPSA) is 52.0 Å². The first kappa shape index (κ1) is 34.4. The normalized spacial score (nSPS) is 11.2. The minimum absolute atomic E-state index is 0.834. The van der Waals surface area contributed by atoms with Crippen LogP contribution in [0.3, 0.4) is 0 Å². The molecule has 4 aromatic rings. The van der Waals surface area contributed by atoms with E-state index in [1.54, 1.807) is 11.1 Å². The zero-order valence-electron chi connectivity index (χ0n) is 28.3. The van der Waals surface area contributed by atoms with Crippen LogP contribution >= 0.6 is 0 Å². The fourth-order valence-electron chi connectivity index (χ4n) is 6.53. The standard InChI is InChI=1S/C43H58N2/c1-3-5-7-9-11-16-38-30-34(18-24-40(38)32-36-20-26-42(44)27-21-36)14-13-15-35-19-25-41(33-37-22-28-43(45)29-23-37)39(31-35)17-12-10-8-6-4-2/h18-31H,3-17,32-33,44-45H2,1-2H3. The highest BCUT2D eigenvalue weighted by Gasteiger charge is 2.09. The van der Waals surface area contributed by atoms with Gasteiger partial charge in [0.1, 0.15) is 0 Å². The third-order valence-corrected chi connectivity index (χ3v) is 9.32. The molecule has 0 fully saturated rings. The van der Waals surface area contributed by atoms with E-state index in [1.807, 2.05) is 24.3 Å². The molecule has 0 aliphatic rings. The van der Waals surface area contributed by atoms with Crippen LogP contribution in [0.5, 0.6) is 0 Å². The van der Waals surface area contributed by atoms with Gasteiger partial charge in [0.15, 0.2) is 0 Å². The number of hydrogen-bond donors (Lipinski definition) is 2. The monoisotopic (exact) mass is 602 g/mol. The second-order valence-corrected chi connectivity index (χ2v) is 13.2. The minimum atomic E-state index is 0.834. The number of rotatable bonds is 20. The van der Waals surface area contributed by atoms with E-state index in [9.17, 15) is 0 Å². The molecule has 0 saturated heterocycles. The van der Waals surface area contributed by atoms with Crippen molar-refractivity contribution < 1.29 is 0 Å². The molecule has 4 aromatic carbocycles. The Labute approximate surface area is 274 Å². The summed E-state index contributed by atoms with van der Waals surface area (Å²) in [5.74, 6) is 0. The van der Waals surface area contributed by atoms with Gasteiger partial charge < -0.3 is 11.5 Å². The molecule has 0 aliphatic carbocycles. The molecule has 240 valence electrons. The first-order chi connectivity index (χ1) is 22.0. The van der Waals surface area contributed by atoms with Crippen LogP contribution in [-0.4, -0.2) is 0 Å². The van der Waals surface area contributed by atoms with Crippen LogP contribution in [0.4, 0.5) is 11.4 Å². The highest BCUT2D eigenvalue weighted by Crippen LogP contribution is 2.24. The highest BCUT2D eigenvalue weighted by atomic mass is 14.5. The molecule has 0 bridgehead atoms. The van der Waals surface area contributed by atoms with Gasteiger partial charge in [-0.2, -0.15) is 0 Å². The largest absolute Gasteiger partial charge is 0.399 e. The molecule has 4 rings (SSSR count). The zero-order chi connectivity index (χ0) is 31.7. The molecule has 0 atom stereocenters. The Balaban J connectivity index is 1.41. The second kappa shape index (κ2) is 19.1. The number of unbranched alkanes of at least 4 members (excludes halogenated alkanes) is 8. The number of aryl methyl sites for hydroxylation is 4. The predicted octanol–water partition coefficient (Wildman–Crippen LogP) is 11.2. The van der Waals surface area contributed by atoms with E-state index in [2.05, 4.69) is 74.5 Å². The van der Waals surface area contributed by atoms with Crippen molar-refractivity contribution in [2.45, 2.75) is 123 Å². The van der Waals surface area contributed by atoms with Gasteiger partial charge in [0.05, 0.1) is 0 Å². The third kappa shape index (κ3) is 12.1. The fraction of sp³-hybridized carbons (Fsp3) is 0.442. The van der Waals surface area contributed by atoms with Crippen molar-refractivity contribution in [2.75, 3.05) is 11.5 Å². The lowest BCUT2D eigenvalue weighted by atomic mass is 9.91. The Kier molecular flexibility index (Phi) is 14.6. The summed E-state index contributed by atoms with van der Waals surface area (Å²) in [5.41, 5.74) is 25.2. The van der Waals surface area contributed by atoms with Crippen molar-refractivity contribution in [3.63, 3.8) is 0 Å². The lowest BCUT2D eigenvalue weighted by Gasteiger charge is -2.14. The number of nitrogens with two attached hydrogens (primary N) is 2. The van der Waals surface area contributed by atoms with Gasteiger partial charge in [-0.3, -0.25) is 0 Å². The van der Waals surface area contributed by atoms with Crippen molar-refractivity contribution in [2.24, 2.45) is 0 Å². The third-order valence-electron chi connectivity index (χ3n) is 9.32. The molecule has 45 heavy (non-hydrogen) atoms. The number of anilines is 2. The molecule has 0 aromatic heterocycles. The SMILES string of the molecule is CCCCCCCc1cc(CCCc2ccc(Cc3ccc(N)cc3)c(CCCCCCC)c2)ccc1Cc1ccc(N)cc1. The van der Waals surface area contributed by atoms with Crippen molar-refractivity contribution in [1.29, 1.82) is 0 Å². The Morgan fingerprint density at radius 2 is 0.733 bits per heavy atom. The van der Waals surface area contributed by atoms with Gasteiger partial charge in [0, 0.05) is 11.4 Å². The quantitative estimate of drug-likeness (QED) is 0.0781. The molecule has 0 saturated carbocycles. The van der Waals surface area contributed by atoms with Gasteiger partial charge in [0.25, 0.3) is 0 Å². The van der Waals surface area contributed by atoms with Crippen LogP contribution in [0.2, 0.25) is 0 Å². The molecular weight excluding hydrogens is 544 g/mol. The molecule has 0 spiro atoms. The van der Waals surface area contributed by atoms with Crippen LogP contribution in [0, 0.1) is 0 Å². The van der Waals surface area contributed by atoms with E-state index in [0.717, 1.165) is 37.1 Å². The van der Waals surface area contributed by atoms with E-state index in [-0.39, 0.29) is 0 Å². The van der Waals surface area contributed by atoms with E-state index in [0.29, 0.717) is 0 Å². The highest BCUT2D eigenvalue weighted by molar-refractivity contribution is 5.44. The summed E-state index contributed by atoms with van der Waals surface area (Å²) < 4.78 is 0. The Bertz CT molecular complexity index is 1290. The van der Waals surface area contributed by atoms with Crippen molar-refractivity contribution in [1.82, 2.24) is 0 Å². The first-order valence-electron chi connectivity index (χ1n) is 17.9. The summed E-state index contributed by atoms with van der Waals surface area (Å²) in [6.07, 6.45) is 21.0. The maximum atomic E-state index is 5.95. The molecule has 0 radical (unpaired) electrons. The maximum absolute atomic E-state index is 5.95. The number of nitrogen functional groups attached to an aromatic ring is 2. The van der Waals surface area contributed by atoms with Gasteiger partial charge in [-0.1, -0.05) is 126 Å². The molecule has 0 amide bonds. The van der Waals surface area contributed by atoms with E-state index < -0.39 is 0 Å². The van der Waals surface area contributed by atoms with E-state index >= 15 is 0 Å². The molecule has 0 unspecified atom stereocenters. The summed E-state index contributed by atoms with van der Waals surface area (Å²) in [7, 11) is 0. The fourth-order valence-corrected chi connectivity index (χ4v) is 6.53. The van der Waals surface area contributed by atoms with E-state index in [1.165, 1.54) is 117 Å². The van der Waals surface area contributed by atoms with Gasteiger partial charge in [-0.15, -0.1) is 0 Å². The average molecular weight is 603 g/mol. The smallest absolute Gasteiger partial charge is 0.0314 e. The van der Waals surface area contributed by atoms with Crippen LogP contribution in [0.15, 0.2) is 84.9 Å². The first-order valence-corrected chi connectivity index (χ1v) is 17.9. The lowest BCUT2D eigenvalue weighted by Crippen LogP contribution is -2.01. The molecule has 2 nitrogen and oxygen atoms in total. The summed E-state index contributed by atoms with van der Waals surface area (Å²) >= 11 is 0.